The van der Waals surface area contributed by atoms with Crippen LogP contribution in [0.15, 0.2) is 118 Å². The molecular weight excluding hydrogens is 474 g/mol. The lowest BCUT2D eigenvalue weighted by Crippen LogP contribution is -2.31. The minimum atomic E-state index is -4.12. The van der Waals surface area contributed by atoms with E-state index in [4.69, 9.17) is 0 Å². The minimum Gasteiger partial charge on any atom is -0.368 e. The average molecular weight is 500 g/mol. The van der Waals surface area contributed by atoms with Gasteiger partial charge in [0.05, 0.1) is 15.7 Å². The Morgan fingerprint density at radius 1 is 0.861 bits per heavy atom. The van der Waals surface area contributed by atoms with Gasteiger partial charge >= 0.3 is 0 Å². The Morgan fingerprint density at radius 2 is 1.44 bits per heavy atom. The van der Waals surface area contributed by atoms with Gasteiger partial charge in [0.15, 0.2) is 0 Å². The number of sulfonamides is 1. The van der Waals surface area contributed by atoms with E-state index in [9.17, 15) is 18.5 Å². The third-order valence-electron chi connectivity index (χ3n) is 5.70. The molecule has 0 bridgehead atoms. The quantitative estimate of drug-likeness (QED) is 0.147. The summed E-state index contributed by atoms with van der Waals surface area (Å²) in [4.78, 5) is 11.5. The first-order valence-electron chi connectivity index (χ1n) is 11.3. The van der Waals surface area contributed by atoms with Gasteiger partial charge in [0.2, 0.25) is 0 Å². The van der Waals surface area contributed by atoms with Crippen LogP contribution in [0, 0.1) is 17.0 Å². The third-order valence-corrected chi connectivity index (χ3v) is 7.01. The molecule has 0 aromatic heterocycles. The predicted molar refractivity (Wildman–Crippen MR) is 140 cm³/mol. The number of nitrogens with zero attached hydrogens (tertiary/aromatic N) is 2. The van der Waals surface area contributed by atoms with Gasteiger partial charge in [-0.15, -0.1) is 4.40 Å². The Morgan fingerprint density at radius 3 is 2.08 bits per heavy atom. The van der Waals surface area contributed by atoms with Crippen molar-refractivity contribution < 1.29 is 13.3 Å². The van der Waals surface area contributed by atoms with E-state index in [0.29, 0.717) is 11.1 Å². The Bertz CT molecular complexity index is 1470. The van der Waals surface area contributed by atoms with E-state index >= 15 is 0 Å². The fourth-order valence-corrected chi connectivity index (χ4v) is 4.91. The number of rotatable bonds is 8. The smallest absolute Gasteiger partial charge is 0.283 e. The lowest BCUT2D eigenvalue weighted by atomic mass is 9.89. The van der Waals surface area contributed by atoms with Crippen LogP contribution >= 0.6 is 0 Å². The zero-order chi connectivity index (χ0) is 25.5. The number of nitrogens with one attached hydrogen (secondary N) is 1. The molecule has 0 amide bonds. The largest absolute Gasteiger partial charge is 0.368 e. The minimum absolute atomic E-state index is 0.0430. The molecule has 1 N–H and O–H groups in total. The molecule has 8 heteroatoms. The van der Waals surface area contributed by atoms with E-state index in [1.807, 2.05) is 43.3 Å². The van der Waals surface area contributed by atoms with Crippen LogP contribution in [0.2, 0.25) is 0 Å². The Hall–Kier alpha value is -4.30. The van der Waals surface area contributed by atoms with E-state index < -0.39 is 20.9 Å². The van der Waals surface area contributed by atoms with Crippen molar-refractivity contribution in [3.05, 3.63) is 142 Å². The highest BCUT2D eigenvalue weighted by atomic mass is 32.2. The molecular formula is C28H25N3O4S. The predicted octanol–water partition coefficient (Wildman–Crippen LogP) is 5.61. The Balaban J connectivity index is 1.90. The van der Waals surface area contributed by atoms with Gasteiger partial charge in [-0.1, -0.05) is 96.6 Å². The van der Waals surface area contributed by atoms with Crippen molar-refractivity contribution in [2.24, 2.45) is 4.40 Å². The van der Waals surface area contributed by atoms with Crippen molar-refractivity contribution >= 4 is 21.5 Å². The van der Waals surface area contributed by atoms with Crippen molar-refractivity contribution in [2.75, 3.05) is 0 Å². The number of benzene rings is 4. The molecule has 0 saturated carbocycles. The molecule has 1 unspecified atom stereocenters. The van der Waals surface area contributed by atoms with Crippen LogP contribution in [0.3, 0.4) is 0 Å². The van der Waals surface area contributed by atoms with Gasteiger partial charge in [-0.05, 0) is 30.2 Å². The molecule has 7 nitrogen and oxygen atoms in total. The van der Waals surface area contributed by atoms with E-state index in [-0.39, 0.29) is 23.0 Å². The first-order valence-corrected chi connectivity index (χ1v) is 12.8. The molecule has 182 valence electrons. The second-order valence-corrected chi connectivity index (χ2v) is 9.87. The molecule has 4 aromatic rings. The van der Waals surface area contributed by atoms with Crippen LogP contribution < -0.4 is 5.32 Å². The van der Waals surface area contributed by atoms with Crippen LogP contribution in [-0.2, 0) is 16.6 Å². The topological polar surface area (TPSA) is 102 Å². The maximum absolute atomic E-state index is 13.4. The summed E-state index contributed by atoms with van der Waals surface area (Å²) in [7, 11) is -4.12. The van der Waals surface area contributed by atoms with Gasteiger partial charge in [0, 0.05) is 18.2 Å². The Labute approximate surface area is 210 Å². The summed E-state index contributed by atoms with van der Waals surface area (Å²) in [5, 5.41) is 15.1. The number of hydrogen-bond donors (Lipinski definition) is 1. The highest BCUT2D eigenvalue weighted by molar-refractivity contribution is 7.90. The fraction of sp³-hybridized carbons (Fsp3) is 0.107. The molecule has 0 heterocycles. The van der Waals surface area contributed by atoms with Crippen LogP contribution in [0.5, 0.6) is 0 Å². The van der Waals surface area contributed by atoms with Crippen LogP contribution in [0.25, 0.3) is 0 Å². The second-order valence-electron chi connectivity index (χ2n) is 8.26. The molecule has 0 aliphatic rings. The van der Waals surface area contributed by atoms with Crippen LogP contribution in [0.1, 0.15) is 28.2 Å². The average Bonchev–Trinajstić information content (AvgIpc) is 2.89. The first kappa shape index (κ1) is 24.8. The summed E-state index contributed by atoms with van der Waals surface area (Å²) in [6.45, 7) is 2.15. The molecule has 0 fully saturated rings. The molecule has 4 rings (SSSR count). The molecule has 4 aromatic carbocycles. The second kappa shape index (κ2) is 11.0. The first-order chi connectivity index (χ1) is 17.3. The van der Waals surface area contributed by atoms with Crippen LogP contribution in [0.4, 0.5) is 5.69 Å². The van der Waals surface area contributed by atoms with Gasteiger partial charge in [0.1, 0.15) is 5.84 Å². The van der Waals surface area contributed by atoms with E-state index in [1.165, 1.54) is 18.2 Å². The number of nitro benzene ring substituents is 1. The molecule has 0 spiro atoms. The molecule has 0 aliphatic heterocycles. The molecule has 0 aliphatic carbocycles. The summed E-state index contributed by atoms with van der Waals surface area (Å²) < 4.78 is 31.0. The summed E-state index contributed by atoms with van der Waals surface area (Å²) in [6.07, 6.45) is 0. The summed E-state index contributed by atoms with van der Waals surface area (Å²) in [5.74, 6) is -0.725. The number of aryl methyl sites for hydroxylation is 1. The maximum atomic E-state index is 13.4. The summed E-state index contributed by atoms with van der Waals surface area (Å²) >= 11 is 0. The molecule has 36 heavy (non-hydrogen) atoms. The normalized spacial score (nSPS) is 12.6. The van der Waals surface area contributed by atoms with Gasteiger partial charge in [-0.3, -0.25) is 10.1 Å². The van der Waals surface area contributed by atoms with Crippen molar-refractivity contribution in [3.8, 4) is 0 Å². The standard InChI is InChI=1S/C28H25N3O4S/c1-21-16-18-24(19-17-21)36(34,35)30-28(29-20-22-10-4-2-5-11-22)27(23-12-6-3-7-13-23)25-14-8-9-15-26(25)31(32)33/h2-19,27H,20H2,1H3,(H,29,30). The molecule has 1 atom stereocenters. The van der Waals surface area contributed by atoms with Gasteiger partial charge in [-0.2, -0.15) is 8.42 Å². The van der Waals surface area contributed by atoms with Crippen LogP contribution in [-0.4, -0.2) is 19.2 Å². The molecule has 0 saturated heterocycles. The highest BCUT2D eigenvalue weighted by Crippen LogP contribution is 2.33. The van der Waals surface area contributed by atoms with Crippen molar-refractivity contribution in [3.63, 3.8) is 0 Å². The van der Waals surface area contributed by atoms with E-state index in [1.54, 1.807) is 54.6 Å². The fourth-order valence-electron chi connectivity index (χ4n) is 3.90. The number of hydrogen-bond acceptors (Lipinski definition) is 4. The van der Waals surface area contributed by atoms with E-state index in [2.05, 4.69) is 9.71 Å². The lowest BCUT2D eigenvalue weighted by Gasteiger charge is -2.22. The van der Waals surface area contributed by atoms with Gasteiger partial charge in [0.25, 0.3) is 15.7 Å². The molecule has 0 radical (unpaired) electrons. The summed E-state index contributed by atoms with van der Waals surface area (Å²) in [6, 6.07) is 31.3. The van der Waals surface area contributed by atoms with Crippen molar-refractivity contribution in [2.45, 2.75) is 24.3 Å². The number of nitro groups is 1. The Kier molecular flexibility index (Phi) is 7.56. The third kappa shape index (κ3) is 5.84. The zero-order valence-electron chi connectivity index (χ0n) is 19.6. The van der Waals surface area contributed by atoms with Crippen molar-refractivity contribution in [1.82, 2.24) is 5.32 Å². The number of amidine groups is 1. The van der Waals surface area contributed by atoms with E-state index in [0.717, 1.165) is 11.1 Å². The van der Waals surface area contributed by atoms with Gasteiger partial charge in [-0.25, -0.2) is 0 Å². The zero-order valence-corrected chi connectivity index (χ0v) is 20.4. The lowest BCUT2D eigenvalue weighted by molar-refractivity contribution is -0.385. The highest BCUT2D eigenvalue weighted by Gasteiger charge is 2.29. The summed E-state index contributed by atoms with van der Waals surface area (Å²) in [5.41, 5.74) is 2.72. The monoisotopic (exact) mass is 499 g/mol. The number of para-hydroxylation sites is 1. The SMILES string of the molecule is Cc1ccc(S(=O)(=O)N=C(NCc2ccccc2)C(c2ccccc2)c2ccccc2[N+](=O)[O-])cc1. The van der Waals surface area contributed by atoms with Crippen molar-refractivity contribution in [1.29, 1.82) is 0 Å². The van der Waals surface area contributed by atoms with Gasteiger partial charge < -0.3 is 5.32 Å². The maximum Gasteiger partial charge on any atom is 0.283 e.